The highest BCUT2D eigenvalue weighted by Crippen LogP contribution is 2.37. The fourth-order valence-electron chi connectivity index (χ4n) is 3.20. The molecule has 7 heteroatoms. The van der Waals surface area contributed by atoms with Gasteiger partial charge < -0.3 is 0 Å². The first kappa shape index (κ1) is 17.1. The average molecular weight is 362 g/mol. The molecule has 5 nitrogen and oxygen atoms in total. The average Bonchev–Trinajstić information content (AvgIpc) is 2.83. The summed E-state index contributed by atoms with van der Waals surface area (Å²) in [5.41, 5.74) is 1.31. The highest BCUT2D eigenvalue weighted by atomic mass is 32.2. The Morgan fingerprint density at radius 3 is 2.71 bits per heavy atom. The van der Waals surface area contributed by atoms with Gasteiger partial charge in [-0.15, -0.1) is 0 Å². The number of nitro groups is 1. The normalized spacial score (nSPS) is 20.9. The molecule has 3 rings (SSSR count). The first-order chi connectivity index (χ1) is 11.5. The zero-order valence-corrected chi connectivity index (χ0v) is 15.0. The number of thiocarbonyl (C=S) groups is 1. The third-order valence-corrected chi connectivity index (χ3v) is 5.82. The first-order valence-corrected chi connectivity index (χ1v) is 9.22. The molecule has 1 aromatic carbocycles. The van der Waals surface area contributed by atoms with E-state index < -0.39 is 4.92 Å². The van der Waals surface area contributed by atoms with E-state index in [1.807, 2.05) is 0 Å². The number of nitro benzene ring substituents is 1. The summed E-state index contributed by atoms with van der Waals surface area (Å²) in [7, 11) is 0. The molecule has 1 amide bonds. The van der Waals surface area contributed by atoms with Crippen molar-refractivity contribution in [2.24, 2.45) is 0 Å². The Hall–Kier alpha value is -1.73. The van der Waals surface area contributed by atoms with Crippen LogP contribution in [0.2, 0.25) is 0 Å². The minimum Gasteiger partial charge on any atom is -0.290 e. The summed E-state index contributed by atoms with van der Waals surface area (Å²) in [5.74, 6) is -0.0693. The van der Waals surface area contributed by atoms with Gasteiger partial charge in [-0.2, -0.15) is 0 Å². The van der Waals surface area contributed by atoms with E-state index in [2.05, 4.69) is 0 Å². The number of thioether (sulfide) groups is 1. The van der Waals surface area contributed by atoms with Gasteiger partial charge in [0.05, 0.1) is 9.83 Å². The van der Waals surface area contributed by atoms with Crippen LogP contribution in [-0.2, 0) is 4.79 Å². The molecule has 0 radical (unpaired) electrons. The molecule has 0 spiro atoms. The zero-order valence-electron chi connectivity index (χ0n) is 13.4. The summed E-state index contributed by atoms with van der Waals surface area (Å²) in [5, 5.41) is 11.1. The SMILES string of the molecule is Cc1ccc(/C=C2\SC(=S)N(C3CCCCC3)C2=O)cc1[N+](=O)[O-]. The van der Waals surface area contributed by atoms with Crippen molar-refractivity contribution in [2.75, 3.05) is 0 Å². The fraction of sp³-hybridized carbons (Fsp3) is 0.412. The van der Waals surface area contributed by atoms with Crippen LogP contribution >= 0.6 is 24.0 Å². The zero-order chi connectivity index (χ0) is 17.3. The lowest BCUT2D eigenvalue weighted by Crippen LogP contribution is -2.39. The van der Waals surface area contributed by atoms with Crippen molar-refractivity contribution in [2.45, 2.75) is 45.1 Å². The maximum Gasteiger partial charge on any atom is 0.272 e. The Labute approximate surface area is 150 Å². The highest BCUT2D eigenvalue weighted by molar-refractivity contribution is 8.26. The van der Waals surface area contributed by atoms with Gasteiger partial charge in [-0.1, -0.05) is 55.4 Å². The Bertz CT molecular complexity index is 739. The van der Waals surface area contributed by atoms with E-state index in [1.54, 1.807) is 30.0 Å². The smallest absolute Gasteiger partial charge is 0.272 e. The van der Waals surface area contributed by atoms with Crippen LogP contribution in [0.15, 0.2) is 23.1 Å². The van der Waals surface area contributed by atoms with Crippen molar-refractivity contribution in [3.05, 3.63) is 44.3 Å². The molecule has 2 aliphatic rings. The van der Waals surface area contributed by atoms with Crippen molar-refractivity contribution in [3.8, 4) is 0 Å². The summed E-state index contributed by atoms with van der Waals surface area (Å²) in [4.78, 5) is 25.7. The van der Waals surface area contributed by atoms with Crippen LogP contribution < -0.4 is 0 Å². The number of amides is 1. The van der Waals surface area contributed by atoms with E-state index in [-0.39, 0.29) is 17.6 Å². The molecule has 0 bridgehead atoms. The summed E-state index contributed by atoms with van der Waals surface area (Å²) >= 11 is 6.69. The Kier molecular flexibility index (Phi) is 5.01. The fourth-order valence-corrected chi connectivity index (χ4v) is 4.60. The Balaban J connectivity index is 1.86. The van der Waals surface area contributed by atoms with Gasteiger partial charge in [0, 0.05) is 17.7 Å². The van der Waals surface area contributed by atoms with E-state index in [0.717, 1.165) is 25.7 Å². The van der Waals surface area contributed by atoms with Gasteiger partial charge in [0.2, 0.25) is 0 Å². The minimum absolute atomic E-state index is 0.0616. The molecule has 1 saturated heterocycles. The molecular formula is C17H18N2O3S2. The molecule has 1 aliphatic carbocycles. The second kappa shape index (κ2) is 7.03. The monoisotopic (exact) mass is 362 g/mol. The molecule has 0 unspecified atom stereocenters. The Morgan fingerprint density at radius 1 is 1.33 bits per heavy atom. The summed E-state index contributed by atoms with van der Waals surface area (Å²) in [6.45, 7) is 1.70. The van der Waals surface area contributed by atoms with E-state index in [9.17, 15) is 14.9 Å². The van der Waals surface area contributed by atoms with Gasteiger partial charge >= 0.3 is 0 Å². The van der Waals surface area contributed by atoms with E-state index in [0.29, 0.717) is 20.4 Å². The van der Waals surface area contributed by atoms with Gasteiger partial charge in [0.1, 0.15) is 4.32 Å². The predicted octanol–water partition coefficient (Wildman–Crippen LogP) is 4.44. The first-order valence-electron chi connectivity index (χ1n) is 7.99. The summed E-state index contributed by atoms with van der Waals surface area (Å²) < 4.78 is 0.597. The van der Waals surface area contributed by atoms with Crippen molar-refractivity contribution >= 4 is 46.0 Å². The summed E-state index contributed by atoms with van der Waals surface area (Å²) in [6.07, 6.45) is 7.17. The lowest BCUT2D eigenvalue weighted by molar-refractivity contribution is -0.385. The van der Waals surface area contributed by atoms with Gasteiger partial charge in [-0.05, 0) is 31.4 Å². The molecule has 0 aromatic heterocycles. The molecule has 24 heavy (non-hydrogen) atoms. The molecular weight excluding hydrogens is 344 g/mol. The number of hydrogen-bond donors (Lipinski definition) is 0. The lowest BCUT2D eigenvalue weighted by atomic mass is 9.94. The second-order valence-corrected chi connectivity index (χ2v) is 7.82. The second-order valence-electron chi connectivity index (χ2n) is 6.15. The number of carbonyl (C=O) groups is 1. The van der Waals surface area contributed by atoms with Crippen molar-refractivity contribution < 1.29 is 9.72 Å². The topological polar surface area (TPSA) is 63.5 Å². The van der Waals surface area contributed by atoms with E-state index >= 15 is 0 Å². The Morgan fingerprint density at radius 2 is 2.04 bits per heavy atom. The van der Waals surface area contributed by atoms with Gasteiger partial charge in [0.15, 0.2) is 0 Å². The molecule has 1 saturated carbocycles. The standard InChI is InChI=1S/C17H18N2O3S2/c1-11-7-8-12(9-14(11)19(21)22)10-15-16(20)18(17(23)24-15)13-5-3-2-4-6-13/h7-10,13H,2-6H2,1H3/b15-10-. The number of carbonyl (C=O) groups excluding carboxylic acids is 1. The molecule has 0 N–H and O–H groups in total. The molecule has 1 aromatic rings. The number of benzene rings is 1. The quantitative estimate of drug-likeness (QED) is 0.344. The van der Waals surface area contributed by atoms with Crippen molar-refractivity contribution in [3.63, 3.8) is 0 Å². The lowest BCUT2D eigenvalue weighted by Gasteiger charge is -2.29. The number of rotatable bonds is 3. The molecule has 2 fully saturated rings. The largest absolute Gasteiger partial charge is 0.290 e. The van der Waals surface area contributed by atoms with E-state index in [1.165, 1.54) is 24.2 Å². The van der Waals surface area contributed by atoms with E-state index in [4.69, 9.17) is 12.2 Å². The van der Waals surface area contributed by atoms with Crippen LogP contribution in [-0.4, -0.2) is 26.1 Å². The van der Waals surface area contributed by atoms with Crippen LogP contribution in [0.5, 0.6) is 0 Å². The van der Waals surface area contributed by atoms with Gasteiger partial charge in [-0.25, -0.2) is 0 Å². The number of nitrogens with zero attached hydrogens (tertiary/aromatic N) is 2. The highest BCUT2D eigenvalue weighted by Gasteiger charge is 2.37. The van der Waals surface area contributed by atoms with Crippen LogP contribution in [0.25, 0.3) is 6.08 Å². The predicted molar refractivity (Wildman–Crippen MR) is 99.7 cm³/mol. The molecule has 126 valence electrons. The van der Waals surface area contributed by atoms with Crippen molar-refractivity contribution in [1.29, 1.82) is 0 Å². The van der Waals surface area contributed by atoms with Crippen LogP contribution in [0.3, 0.4) is 0 Å². The van der Waals surface area contributed by atoms with Crippen molar-refractivity contribution in [1.82, 2.24) is 4.90 Å². The molecule has 0 atom stereocenters. The maximum absolute atomic E-state index is 12.7. The molecule has 1 aliphatic heterocycles. The van der Waals surface area contributed by atoms with Gasteiger partial charge in [-0.3, -0.25) is 19.8 Å². The third kappa shape index (κ3) is 3.37. The van der Waals surface area contributed by atoms with Crippen LogP contribution in [0.4, 0.5) is 5.69 Å². The van der Waals surface area contributed by atoms with Crippen LogP contribution in [0.1, 0.15) is 43.2 Å². The number of aryl methyl sites for hydroxylation is 1. The van der Waals surface area contributed by atoms with Gasteiger partial charge in [0.25, 0.3) is 11.6 Å². The van der Waals surface area contributed by atoms with Crippen LogP contribution in [0, 0.1) is 17.0 Å². The summed E-state index contributed by atoms with van der Waals surface area (Å²) in [6, 6.07) is 5.19. The maximum atomic E-state index is 12.7. The number of hydrogen-bond acceptors (Lipinski definition) is 5. The minimum atomic E-state index is -0.403. The molecule has 1 heterocycles. The third-order valence-electron chi connectivity index (χ3n) is 4.49.